The summed E-state index contributed by atoms with van der Waals surface area (Å²) in [5.74, 6) is -0.172. The van der Waals surface area contributed by atoms with Gasteiger partial charge in [0.1, 0.15) is 0 Å². The van der Waals surface area contributed by atoms with Crippen LogP contribution in [-0.2, 0) is 4.79 Å². The van der Waals surface area contributed by atoms with Crippen LogP contribution in [0, 0.1) is 6.92 Å². The van der Waals surface area contributed by atoms with Crippen LogP contribution in [0.5, 0.6) is 0 Å². The van der Waals surface area contributed by atoms with Crippen molar-refractivity contribution in [3.63, 3.8) is 0 Å². The van der Waals surface area contributed by atoms with E-state index in [1.807, 2.05) is 18.4 Å². The van der Waals surface area contributed by atoms with Crippen LogP contribution >= 0.6 is 34.4 Å². The van der Waals surface area contributed by atoms with Crippen LogP contribution in [0.15, 0.2) is 40.3 Å². The van der Waals surface area contributed by atoms with Crippen LogP contribution in [0.3, 0.4) is 0 Å². The Morgan fingerprint density at radius 3 is 2.88 bits per heavy atom. The minimum Gasteiger partial charge on any atom is -0.324 e. The maximum absolute atomic E-state index is 12.1. The first kappa shape index (κ1) is 17.5. The minimum absolute atomic E-state index is 0.159. The zero-order chi connectivity index (χ0) is 17.6. The van der Waals surface area contributed by atoms with Gasteiger partial charge in [0.25, 0.3) is 5.91 Å². The lowest BCUT2D eigenvalue weighted by Crippen LogP contribution is -2.13. The lowest BCUT2D eigenvalue weighted by molar-refractivity contribution is -0.113. The summed E-state index contributed by atoms with van der Waals surface area (Å²) in [6, 6.07) is 5.33. The Bertz CT molecular complexity index is 878. The molecular formula is C15H13N5O2S3. The van der Waals surface area contributed by atoms with Crippen LogP contribution in [0.1, 0.15) is 15.2 Å². The fourth-order valence-corrected chi connectivity index (χ4v) is 4.13. The van der Waals surface area contributed by atoms with E-state index in [9.17, 15) is 9.59 Å². The summed E-state index contributed by atoms with van der Waals surface area (Å²) < 4.78 is 0.610. The number of amides is 2. The average Bonchev–Trinajstić information content (AvgIpc) is 3.23. The molecule has 0 saturated heterocycles. The van der Waals surface area contributed by atoms with Crippen molar-refractivity contribution in [2.24, 2.45) is 0 Å². The van der Waals surface area contributed by atoms with Crippen molar-refractivity contribution < 1.29 is 9.59 Å². The van der Waals surface area contributed by atoms with E-state index >= 15 is 0 Å². The van der Waals surface area contributed by atoms with E-state index < -0.39 is 0 Å². The van der Waals surface area contributed by atoms with E-state index in [0.717, 1.165) is 5.56 Å². The number of pyridine rings is 1. The third-order valence-corrected chi connectivity index (χ3v) is 5.87. The Balaban J connectivity index is 1.50. The molecule has 3 rings (SSSR count). The number of hydrogen-bond donors (Lipinski definition) is 2. The van der Waals surface area contributed by atoms with E-state index in [2.05, 4.69) is 25.8 Å². The number of thioether (sulfide) groups is 1. The molecule has 0 saturated carbocycles. The normalized spacial score (nSPS) is 10.4. The highest BCUT2D eigenvalue weighted by atomic mass is 32.2. The number of nitrogens with zero attached hydrogens (tertiary/aromatic N) is 3. The van der Waals surface area contributed by atoms with Gasteiger partial charge in [0.05, 0.1) is 22.5 Å². The number of carbonyl (C=O) groups excluding carboxylic acids is 2. The summed E-state index contributed by atoms with van der Waals surface area (Å²) in [7, 11) is 0. The molecule has 0 bridgehead atoms. The van der Waals surface area contributed by atoms with Gasteiger partial charge in [-0.1, -0.05) is 23.1 Å². The molecule has 0 atom stereocenters. The third kappa shape index (κ3) is 5.08. The van der Waals surface area contributed by atoms with Crippen LogP contribution in [-0.4, -0.2) is 32.7 Å². The van der Waals surface area contributed by atoms with Gasteiger partial charge < -0.3 is 5.32 Å². The fraction of sp³-hybridized carbons (Fsp3) is 0.133. The summed E-state index contributed by atoms with van der Waals surface area (Å²) in [5.41, 5.74) is 1.69. The van der Waals surface area contributed by atoms with Gasteiger partial charge >= 0.3 is 0 Å². The van der Waals surface area contributed by atoms with E-state index in [1.54, 1.807) is 24.5 Å². The van der Waals surface area contributed by atoms with Crippen molar-refractivity contribution >= 4 is 57.1 Å². The molecule has 3 heterocycles. The highest BCUT2D eigenvalue weighted by Gasteiger charge is 2.13. The standard InChI is InChI=1S/C15H13N5O2S3/c1-9-5-11(23-7-9)13(22)18-14-19-20-15(25-14)24-8-12(21)17-10-3-2-4-16-6-10/h2-7H,8H2,1H3,(H,17,21)(H,18,19,22). The molecule has 7 nitrogen and oxygen atoms in total. The molecule has 0 aliphatic carbocycles. The molecule has 128 valence electrons. The summed E-state index contributed by atoms with van der Waals surface area (Å²) in [4.78, 5) is 28.5. The molecule has 0 unspecified atom stereocenters. The third-order valence-electron chi connectivity index (χ3n) is 2.85. The summed E-state index contributed by atoms with van der Waals surface area (Å²) in [6.07, 6.45) is 3.21. The summed E-state index contributed by atoms with van der Waals surface area (Å²) in [6.45, 7) is 1.93. The van der Waals surface area contributed by atoms with Gasteiger partial charge in [-0.2, -0.15) is 0 Å². The number of thiophene rings is 1. The van der Waals surface area contributed by atoms with Crippen LogP contribution in [0.2, 0.25) is 0 Å². The molecule has 0 aliphatic rings. The lowest BCUT2D eigenvalue weighted by Gasteiger charge is -2.02. The Morgan fingerprint density at radius 2 is 2.16 bits per heavy atom. The molecule has 25 heavy (non-hydrogen) atoms. The summed E-state index contributed by atoms with van der Waals surface area (Å²) in [5, 5.41) is 15.7. The fourth-order valence-electron chi connectivity index (χ4n) is 1.79. The molecule has 0 fully saturated rings. The smallest absolute Gasteiger partial charge is 0.267 e. The van der Waals surface area contributed by atoms with Crippen molar-refractivity contribution in [1.82, 2.24) is 15.2 Å². The molecule has 2 amide bonds. The SMILES string of the molecule is Cc1csc(C(=O)Nc2nnc(SCC(=O)Nc3cccnc3)s2)c1. The number of aryl methyl sites for hydroxylation is 1. The molecule has 3 aromatic heterocycles. The minimum atomic E-state index is -0.208. The molecule has 10 heteroatoms. The maximum atomic E-state index is 12.1. The van der Waals surface area contributed by atoms with Gasteiger partial charge in [-0.3, -0.25) is 19.9 Å². The van der Waals surface area contributed by atoms with Crippen molar-refractivity contribution in [1.29, 1.82) is 0 Å². The number of hydrogen-bond acceptors (Lipinski definition) is 8. The number of aromatic nitrogens is 3. The number of anilines is 2. The van der Waals surface area contributed by atoms with Gasteiger partial charge in [-0.25, -0.2) is 0 Å². The molecule has 0 radical (unpaired) electrons. The topological polar surface area (TPSA) is 96.9 Å². The van der Waals surface area contributed by atoms with Crippen LogP contribution in [0.25, 0.3) is 0 Å². The first-order valence-corrected chi connectivity index (χ1v) is 9.81. The van der Waals surface area contributed by atoms with Crippen molar-refractivity contribution in [2.75, 3.05) is 16.4 Å². The molecular weight excluding hydrogens is 378 g/mol. The molecule has 0 aliphatic heterocycles. The predicted molar refractivity (Wildman–Crippen MR) is 101 cm³/mol. The van der Waals surface area contributed by atoms with Gasteiger partial charge in [0.2, 0.25) is 11.0 Å². The monoisotopic (exact) mass is 391 g/mol. The zero-order valence-corrected chi connectivity index (χ0v) is 15.5. The highest BCUT2D eigenvalue weighted by Crippen LogP contribution is 2.26. The van der Waals surface area contributed by atoms with E-state index in [4.69, 9.17) is 0 Å². The second-order valence-corrected chi connectivity index (χ2v) is 8.01. The maximum Gasteiger partial charge on any atom is 0.267 e. The second-order valence-electron chi connectivity index (χ2n) is 4.89. The predicted octanol–water partition coefficient (Wildman–Crippen LogP) is 3.29. The Morgan fingerprint density at radius 1 is 1.28 bits per heavy atom. The van der Waals surface area contributed by atoms with Crippen LogP contribution < -0.4 is 10.6 Å². The first-order chi connectivity index (χ1) is 12.1. The van der Waals surface area contributed by atoms with E-state index in [0.29, 0.717) is 20.0 Å². The lowest BCUT2D eigenvalue weighted by atomic mass is 10.3. The van der Waals surface area contributed by atoms with E-state index in [-0.39, 0.29) is 17.6 Å². The largest absolute Gasteiger partial charge is 0.324 e. The van der Waals surface area contributed by atoms with Gasteiger partial charge in [0, 0.05) is 6.20 Å². The van der Waals surface area contributed by atoms with E-state index in [1.165, 1.54) is 34.4 Å². The number of nitrogens with one attached hydrogen (secondary N) is 2. The quantitative estimate of drug-likeness (QED) is 0.494. The molecule has 0 aromatic carbocycles. The average molecular weight is 392 g/mol. The second kappa shape index (κ2) is 8.19. The van der Waals surface area contributed by atoms with Crippen LogP contribution in [0.4, 0.5) is 10.8 Å². The molecule has 0 spiro atoms. The number of rotatable bonds is 6. The van der Waals surface area contributed by atoms with Gasteiger partial charge in [-0.05, 0) is 36.1 Å². The summed E-state index contributed by atoms with van der Waals surface area (Å²) >= 11 is 3.87. The molecule has 2 N–H and O–H groups in total. The zero-order valence-electron chi connectivity index (χ0n) is 13.1. The van der Waals surface area contributed by atoms with Crippen molar-refractivity contribution in [3.8, 4) is 0 Å². The highest BCUT2D eigenvalue weighted by molar-refractivity contribution is 8.01. The Kier molecular flexibility index (Phi) is 5.74. The van der Waals surface area contributed by atoms with Crippen molar-refractivity contribution in [3.05, 3.63) is 46.4 Å². The first-order valence-electron chi connectivity index (χ1n) is 7.13. The Hall–Kier alpha value is -2.30. The number of carbonyl (C=O) groups is 2. The van der Waals surface area contributed by atoms with Gasteiger partial charge in [-0.15, -0.1) is 21.5 Å². The van der Waals surface area contributed by atoms with Crippen molar-refractivity contribution in [2.45, 2.75) is 11.3 Å². The Labute approximate surface area is 155 Å². The van der Waals surface area contributed by atoms with Gasteiger partial charge in [0.15, 0.2) is 4.34 Å². The molecule has 3 aromatic rings.